The molecule has 0 radical (unpaired) electrons. The Morgan fingerprint density at radius 2 is 0.967 bits per heavy atom. The van der Waals surface area contributed by atoms with Gasteiger partial charge in [-0.3, -0.25) is 9.59 Å². The van der Waals surface area contributed by atoms with E-state index in [1.165, 1.54) is 25.7 Å². The number of aliphatic hydroxyl groups excluding tert-OH is 2. The van der Waals surface area contributed by atoms with Gasteiger partial charge in [0, 0.05) is 39.0 Å². The first-order valence-electron chi connectivity index (χ1n) is 26.1. The fourth-order valence-electron chi connectivity index (χ4n) is 18.1. The van der Waals surface area contributed by atoms with Crippen LogP contribution in [-0.2, 0) is 9.59 Å². The number of nitrogens with one attached hydrogen (secondary N) is 3. The molecule has 2 amide bonds. The molecule has 8 saturated carbocycles. The number of carbonyl (C=O) groups is 2. The van der Waals surface area contributed by atoms with Gasteiger partial charge >= 0.3 is 0 Å². The molecule has 8 rings (SSSR count). The number of hydrogen-bond donors (Lipinski definition) is 7. The standard InChI is InChI=1S/C52H89N3O6/c1-31(41-13-15-43-39-11-9-35-29-37(56)19-21-49(35,5)45(39)27-33(3)51(41,43)60)7-17-47(58)54-25-23-53-24-26-55-48(59)18-8-32(2)42-14-16-44-40-12-10-36-30-38(57)20-22-50(36,6)46(40)28-34(4)52(42,44)61/h31-46,53,56-57,60-61H,7-30H2,1-6H3,(H,54,58)(H,55,59)/t31-,32-,33+,34+,35?,36?,37-,38-,39?,40?,41-,42-,43?,44?,45?,46?,49+,50+,51+,52+/m1/s1. The molecule has 7 N–H and O–H groups in total. The van der Waals surface area contributed by atoms with E-state index in [0.29, 0.717) is 109 Å². The van der Waals surface area contributed by atoms with Gasteiger partial charge in [-0.2, -0.15) is 0 Å². The zero-order valence-corrected chi connectivity index (χ0v) is 39.3. The monoisotopic (exact) mass is 852 g/mol. The third-order valence-corrected chi connectivity index (χ3v) is 21.5. The smallest absolute Gasteiger partial charge is 0.220 e. The Morgan fingerprint density at radius 1 is 0.557 bits per heavy atom. The molecule has 9 nitrogen and oxygen atoms in total. The van der Waals surface area contributed by atoms with Crippen molar-refractivity contribution in [1.82, 2.24) is 16.0 Å². The van der Waals surface area contributed by atoms with Crippen molar-refractivity contribution in [3.63, 3.8) is 0 Å². The van der Waals surface area contributed by atoms with E-state index in [1.807, 2.05) is 0 Å². The van der Waals surface area contributed by atoms with Crippen LogP contribution in [0, 0.1) is 93.7 Å². The first kappa shape index (κ1) is 46.3. The summed E-state index contributed by atoms with van der Waals surface area (Å²) in [6.45, 7) is 16.6. The van der Waals surface area contributed by atoms with Gasteiger partial charge in [0.1, 0.15) is 0 Å². The minimum Gasteiger partial charge on any atom is -0.393 e. The lowest BCUT2D eigenvalue weighted by Gasteiger charge is -2.62. The van der Waals surface area contributed by atoms with Crippen molar-refractivity contribution in [3.05, 3.63) is 0 Å². The van der Waals surface area contributed by atoms with E-state index < -0.39 is 11.2 Å². The second kappa shape index (κ2) is 18.2. The van der Waals surface area contributed by atoms with Gasteiger partial charge < -0.3 is 36.4 Å². The summed E-state index contributed by atoms with van der Waals surface area (Å²) in [5.74, 6) is 6.22. The van der Waals surface area contributed by atoms with Gasteiger partial charge in [-0.25, -0.2) is 0 Å². The molecule has 0 aromatic rings. The van der Waals surface area contributed by atoms with Gasteiger partial charge in [-0.1, -0.05) is 41.5 Å². The van der Waals surface area contributed by atoms with E-state index in [4.69, 9.17) is 0 Å². The fraction of sp³-hybridized carbons (Fsp3) is 0.962. The molecule has 0 saturated heterocycles. The lowest BCUT2D eigenvalue weighted by molar-refractivity contribution is -0.193. The van der Waals surface area contributed by atoms with Crippen LogP contribution in [0.1, 0.15) is 170 Å². The van der Waals surface area contributed by atoms with Crippen LogP contribution in [0.2, 0.25) is 0 Å². The minimum absolute atomic E-state index is 0.0763. The summed E-state index contributed by atoms with van der Waals surface area (Å²) in [6.07, 6.45) is 19.7. The lowest BCUT2D eigenvalue weighted by Crippen LogP contribution is -2.60. The number of carbonyl (C=O) groups excluding carboxylic acids is 2. The predicted octanol–water partition coefficient (Wildman–Crippen LogP) is 7.62. The molecule has 0 aromatic heterocycles. The Morgan fingerprint density at radius 3 is 1.38 bits per heavy atom. The largest absolute Gasteiger partial charge is 0.393 e. The second-order valence-corrected chi connectivity index (χ2v) is 24.1. The highest BCUT2D eigenvalue weighted by Crippen LogP contribution is 2.68. The Balaban J connectivity index is 0.701. The Bertz CT molecular complexity index is 1440. The average Bonchev–Trinajstić information content (AvgIpc) is 3.79. The van der Waals surface area contributed by atoms with Crippen molar-refractivity contribution in [2.24, 2.45) is 93.7 Å². The summed E-state index contributed by atoms with van der Waals surface area (Å²) < 4.78 is 0. The highest BCUT2D eigenvalue weighted by molar-refractivity contribution is 5.76. The van der Waals surface area contributed by atoms with Crippen LogP contribution < -0.4 is 16.0 Å². The number of aliphatic hydroxyl groups is 4. The van der Waals surface area contributed by atoms with E-state index in [1.54, 1.807) is 0 Å². The number of fused-ring (bicyclic) bond motifs is 10. The quantitative estimate of drug-likeness (QED) is 0.0889. The van der Waals surface area contributed by atoms with Gasteiger partial charge in [-0.15, -0.1) is 0 Å². The molecular formula is C52H89N3O6. The van der Waals surface area contributed by atoms with Crippen LogP contribution in [-0.4, -0.2) is 81.8 Å². The molecule has 8 aliphatic carbocycles. The molecule has 0 aromatic carbocycles. The van der Waals surface area contributed by atoms with E-state index in [2.05, 4.69) is 57.5 Å². The summed E-state index contributed by atoms with van der Waals surface area (Å²) >= 11 is 0. The summed E-state index contributed by atoms with van der Waals surface area (Å²) in [6, 6.07) is 0. The van der Waals surface area contributed by atoms with Crippen molar-refractivity contribution in [2.45, 2.75) is 193 Å². The maximum Gasteiger partial charge on any atom is 0.220 e. The molecule has 0 spiro atoms. The van der Waals surface area contributed by atoms with Crippen molar-refractivity contribution in [2.75, 3.05) is 26.2 Å². The van der Waals surface area contributed by atoms with Gasteiger partial charge in [0.2, 0.25) is 11.8 Å². The molecule has 8 fully saturated rings. The number of amides is 2. The van der Waals surface area contributed by atoms with Crippen LogP contribution >= 0.6 is 0 Å². The average molecular weight is 852 g/mol. The Kier molecular flexibility index (Phi) is 13.8. The van der Waals surface area contributed by atoms with Crippen molar-refractivity contribution in [3.8, 4) is 0 Å². The molecule has 0 bridgehead atoms. The van der Waals surface area contributed by atoms with Crippen LogP contribution in [0.15, 0.2) is 0 Å². The van der Waals surface area contributed by atoms with Crippen LogP contribution in [0.25, 0.3) is 0 Å². The van der Waals surface area contributed by atoms with Gasteiger partial charge in [0.15, 0.2) is 0 Å². The van der Waals surface area contributed by atoms with Crippen molar-refractivity contribution in [1.29, 1.82) is 0 Å². The van der Waals surface area contributed by atoms with Crippen molar-refractivity contribution < 1.29 is 30.0 Å². The minimum atomic E-state index is -0.633. The predicted molar refractivity (Wildman–Crippen MR) is 241 cm³/mol. The third-order valence-electron chi connectivity index (χ3n) is 21.5. The molecule has 0 heterocycles. The number of hydrogen-bond acceptors (Lipinski definition) is 7. The summed E-state index contributed by atoms with van der Waals surface area (Å²) in [5, 5.41) is 55.5. The third kappa shape index (κ3) is 8.32. The van der Waals surface area contributed by atoms with Gasteiger partial charge in [-0.05, 0) is 209 Å². The van der Waals surface area contributed by atoms with E-state index >= 15 is 0 Å². The highest BCUT2D eigenvalue weighted by Gasteiger charge is 2.66. The molecule has 20 atom stereocenters. The SMILES string of the molecule is C[C@H](CCC(=O)NCCNCCNC(=O)CC[C@@H](C)[C@H]1CCC2C3CCC4C[C@H](O)CC[C@]4(C)C3C[C@H](C)[C@@]21O)[C@H]1CCC2C3CCC4C[C@H](O)CC[C@]4(C)C3C[C@H](C)[C@@]21O. The molecule has 61 heavy (non-hydrogen) atoms. The molecule has 8 aliphatic rings. The Hall–Kier alpha value is -1.26. The van der Waals surface area contributed by atoms with E-state index in [9.17, 15) is 30.0 Å². The molecule has 348 valence electrons. The summed E-state index contributed by atoms with van der Waals surface area (Å²) in [4.78, 5) is 25.8. The second-order valence-electron chi connectivity index (χ2n) is 24.1. The van der Waals surface area contributed by atoms with Crippen LogP contribution in [0.3, 0.4) is 0 Å². The first-order chi connectivity index (χ1) is 29.0. The molecule has 8 unspecified atom stereocenters. The fourth-order valence-corrected chi connectivity index (χ4v) is 18.1. The first-order valence-corrected chi connectivity index (χ1v) is 26.1. The van der Waals surface area contributed by atoms with Crippen LogP contribution in [0.5, 0.6) is 0 Å². The Labute approximate surface area is 369 Å². The van der Waals surface area contributed by atoms with Crippen LogP contribution in [0.4, 0.5) is 0 Å². The van der Waals surface area contributed by atoms with E-state index in [-0.39, 0.29) is 47.7 Å². The highest BCUT2D eigenvalue weighted by atomic mass is 16.3. The van der Waals surface area contributed by atoms with E-state index in [0.717, 1.165) is 89.9 Å². The topological polar surface area (TPSA) is 151 Å². The zero-order valence-electron chi connectivity index (χ0n) is 39.3. The molecular weight excluding hydrogens is 763 g/mol. The normalized spacial score (nSPS) is 48.6. The summed E-state index contributed by atoms with van der Waals surface area (Å²) in [7, 11) is 0. The molecule has 9 heteroatoms. The summed E-state index contributed by atoms with van der Waals surface area (Å²) in [5.41, 5.74) is -0.671. The molecule has 0 aliphatic heterocycles. The van der Waals surface area contributed by atoms with Crippen molar-refractivity contribution >= 4 is 11.8 Å². The van der Waals surface area contributed by atoms with Gasteiger partial charge in [0.05, 0.1) is 23.4 Å². The maximum absolute atomic E-state index is 12.9. The van der Waals surface area contributed by atoms with Gasteiger partial charge in [0.25, 0.3) is 0 Å². The zero-order chi connectivity index (χ0) is 43.5. The lowest BCUT2D eigenvalue weighted by atomic mass is 9.44. The maximum atomic E-state index is 12.9. The number of rotatable bonds is 14.